The molecule has 0 bridgehead atoms. The van der Waals surface area contributed by atoms with E-state index in [9.17, 15) is 0 Å². The molecule has 3 heterocycles. The fourth-order valence-corrected chi connectivity index (χ4v) is 2.31. The molecule has 0 amide bonds. The van der Waals surface area contributed by atoms with Crippen molar-refractivity contribution in [1.29, 1.82) is 0 Å². The molecule has 0 N–H and O–H groups in total. The Morgan fingerprint density at radius 1 is 1.22 bits per heavy atom. The van der Waals surface area contributed by atoms with Crippen LogP contribution in [-0.2, 0) is 7.05 Å². The van der Waals surface area contributed by atoms with Crippen LogP contribution in [0.15, 0.2) is 35.3 Å². The van der Waals surface area contributed by atoms with E-state index in [0.29, 0.717) is 0 Å². The maximum absolute atomic E-state index is 5.40. The molecule has 0 saturated carbocycles. The van der Waals surface area contributed by atoms with Crippen molar-refractivity contribution in [2.75, 3.05) is 7.11 Å². The van der Waals surface area contributed by atoms with Crippen LogP contribution in [0.25, 0.3) is 16.6 Å². The number of methoxy groups -OCH3 is 1. The van der Waals surface area contributed by atoms with Crippen molar-refractivity contribution in [3.8, 4) is 16.9 Å². The van der Waals surface area contributed by atoms with Gasteiger partial charge in [0.25, 0.3) is 0 Å². The fraction of sp³-hybridized carbons (Fsp3) is 0.167. The van der Waals surface area contributed by atoms with Crippen LogP contribution in [0.4, 0.5) is 0 Å². The van der Waals surface area contributed by atoms with E-state index in [-0.39, 0.29) is 0 Å². The summed E-state index contributed by atoms with van der Waals surface area (Å²) in [5.41, 5.74) is 2.98. The zero-order valence-electron chi connectivity index (χ0n) is 9.96. The second-order valence-electron chi connectivity index (χ2n) is 4.00. The summed E-state index contributed by atoms with van der Waals surface area (Å²) in [7, 11) is 3.55. The Bertz CT molecular complexity index is 716. The molecule has 0 aromatic carbocycles. The highest BCUT2D eigenvalue weighted by Gasteiger charge is 2.10. The molecule has 0 saturated heterocycles. The summed E-state index contributed by atoms with van der Waals surface area (Å²) in [5.74, 6) is 0.787. The van der Waals surface area contributed by atoms with Crippen LogP contribution in [0.2, 0.25) is 0 Å². The molecule has 92 valence electrons. The zero-order chi connectivity index (χ0) is 12.7. The van der Waals surface area contributed by atoms with Gasteiger partial charge in [-0.2, -0.15) is 10.2 Å². The summed E-state index contributed by atoms with van der Waals surface area (Å²) in [6, 6.07) is 3.91. The lowest BCUT2D eigenvalue weighted by Gasteiger charge is -2.05. The fourth-order valence-electron chi connectivity index (χ4n) is 1.92. The molecule has 18 heavy (non-hydrogen) atoms. The van der Waals surface area contributed by atoms with Crippen molar-refractivity contribution in [1.82, 2.24) is 19.4 Å². The van der Waals surface area contributed by atoms with E-state index >= 15 is 0 Å². The number of hydrogen-bond acceptors (Lipinski definition) is 3. The Morgan fingerprint density at radius 3 is 2.72 bits per heavy atom. The molecule has 0 aliphatic carbocycles. The summed E-state index contributed by atoms with van der Waals surface area (Å²) >= 11 is 3.37. The highest BCUT2D eigenvalue weighted by atomic mass is 79.9. The van der Waals surface area contributed by atoms with E-state index in [2.05, 4.69) is 26.1 Å². The van der Waals surface area contributed by atoms with Gasteiger partial charge in [0.2, 0.25) is 0 Å². The first-order chi connectivity index (χ1) is 8.67. The number of pyridine rings is 1. The van der Waals surface area contributed by atoms with Gasteiger partial charge in [0, 0.05) is 36.6 Å². The first kappa shape index (κ1) is 11.3. The predicted octanol–water partition coefficient (Wildman–Crippen LogP) is 2.51. The largest absolute Gasteiger partial charge is 0.494 e. The highest BCUT2D eigenvalue weighted by molar-refractivity contribution is 9.10. The van der Waals surface area contributed by atoms with E-state index in [1.165, 1.54) is 0 Å². The average molecular weight is 307 g/mol. The van der Waals surface area contributed by atoms with Gasteiger partial charge in [-0.3, -0.25) is 4.68 Å². The van der Waals surface area contributed by atoms with Crippen molar-refractivity contribution in [2.45, 2.75) is 0 Å². The number of aromatic nitrogens is 4. The van der Waals surface area contributed by atoms with Gasteiger partial charge in [-0.1, -0.05) is 0 Å². The summed E-state index contributed by atoms with van der Waals surface area (Å²) < 4.78 is 9.75. The summed E-state index contributed by atoms with van der Waals surface area (Å²) in [6.45, 7) is 0. The van der Waals surface area contributed by atoms with Crippen molar-refractivity contribution in [2.24, 2.45) is 7.05 Å². The van der Waals surface area contributed by atoms with E-state index < -0.39 is 0 Å². The monoisotopic (exact) mass is 306 g/mol. The minimum atomic E-state index is 0.782. The van der Waals surface area contributed by atoms with Crippen LogP contribution in [0.5, 0.6) is 5.75 Å². The normalized spacial score (nSPS) is 11.1. The second-order valence-corrected chi connectivity index (χ2v) is 4.81. The Labute approximate surface area is 112 Å². The van der Waals surface area contributed by atoms with Gasteiger partial charge in [-0.05, 0) is 22.0 Å². The van der Waals surface area contributed by atoms with Crippen LogP contribution >= 0.6 is 15.9 Å². The van der Waals surface area contributed by atoms with E-state index in [4.69, 9.17) is 4.74 Å². The topological polar surface area (TPSA) is 44.4 Å². The molecule has 5 nitrogen and oxygen atoms in total. The van der Waals surface area contributed by atoms with Crippen LogP contribution in [0, 0.1) is 0 Å². The number of ether oxygens (including phenoxy) is 1. The lowest BCUT2D eigenvalue weighted by atomic mass is 10.1. The van der Waals surface area contributed by atoms with E-state index in [0.717, 1.165) is 27.0 Å². The second kappa shape index (κ2) is 4.13. The Hall–Kier alpha value is -1.82. The smallest absolute Gasteiger partial charge is 0.145 e. The van der Waals surface area contributed by atoms with Crippen molar-refractivity contribution >= 4 is 21.4 Å². The van der Waals surface area contributed by atoms with Crippen molar-refractivity contribution in [3.63, 3.8) is 0 Å². The summed E-state index contributed by atoms with van der Waals surface area (Å²) in [5, 5.41) is 8.51. The molecule has 3 aromatic rings. The van der Waals surface area contributed by atoms with E-state index in [1.807, 2.05) is 37.8 Å². The summed E-state index contributed by atoms with van der Waals surface area (Å²) in [6.07, 6.45) is 5.73. The summed E-state index contributed by atoms with van der Waals surface area (Å²) in [4.78, 5) is 0. The minimum Gasteiger partial charge on any atom is -0.494 e. The van der Waals surface area contributed by atoms with Gasteiger partial charge in [-0.15, -0.1) is 0 Å². The van der Waals surface area contributed by atoms with Gasteiger partial charge in [-0.25, -0.2) is 4.52 Å². The van der Waals surface area contributed by atoms with E-state index in [1.54, 1.807) is 16.3 Å². The first-order valence-electron chi connectivity index (χ1n) is 5.39. The number of aryl methyl sites for hydroxylation is 1. The lowest BCUT2D eigenvalue weighted by Crippen LogP contribution is -1.93. The number of hydrogen-bond donors (Lipinski definition) is 0. The number of fused-ring (bicyclic) bond motifs is 1. The molecule has 6 heteroatoms. The quantitative estimate of drug-likeness (QED) is 0.731. The average Bonchev–Trinajstić information content (AvgIpc) is 2.92. The molecule has 0 unspecified atom stereocenters. The predicted molar refractivity (Wildman–Crippen MR) is 71.6 cm³/mol. The van der Waals surface area contributed by atoms with Crippen LogP contribution < -0.4 is 4.74 Å². The molecule has 0 aliphatic heterocycles. The maximum atomic E-state index is 5.40. The Morgan fingerprint density at radius 2 is 2.06 bits per heavy atom. The van der Waals surface area contributed by atoms with Gasteiger partial charge in [0.05, 0.1) is 13.3 Å². The molecule has 3 rings (SSSR count). The lowest BCUT2D eigenvalue weighted by molar-refractivity contribution is 0.417. The third kappa shape index (κ3) is 1.78. The molecule has 0 fully saturated rings. The molecule has 0 aliphatic rings. The molecule has 0 spiro atoms. The molecule has 0 radical (unpaired) electrons. The number of rotatable bonds is 2. The molecule has 3 aromatic heterocycles. The molecular weight excluding hydrogens is 296 g/mol. The SMILES string of the molecule is COc1cc(-c2cnn(C)c2)cn2nc(Br)cc12. The van der Waals surface area contributed by atoms with Gasteiger partial charge in [0.15, 0.2) is 0 Å². The maximum Gasteiger partial charge on any atom is 0.145 e. The van der Waals surface area contributed by atoms with Crippen LogP contribution in [0.1, 0.15) is 0 Å². The Balaban J connectivity index is 2.24. The number of nitrogens with zero attached hydrogens (tertiary/aromatic N) is 4. The van der Waals surface area contributed by atoms with Gasteiger partial charge >= 0.3 is 0 Å². The van der Waals surface area contributed by atoms with Gasteiger partial charge < -0.3 is 4.74 Å². The van der Waals surface area contributed by atoms with Crippen molar-refractivity contribution in [3.05, 3.63) is 35.3 Å². The number of halogens is 1. The Kier molecular flexibility index (Phi) is 2.59. The zero-order valence-corrected chi connectivity index (χ0v) is 11.5. The third-order valence-corrected chi connectivity index (χ3v) is 3.15. The van der Waals surface area contributed by atoms with Crippen LogP contribution in [0.3, 0.4) is 0 Å². The third-order valence-electron chi connectivity index (χ3n) is 2.76. The standard InChI is InChI=1S/C12H11BrN4O/c1-16-6-9(5-14-16)8-3-11(18-2)10-4-12(13)15-17(10)7-8/h3-7H,1-2H3. The molecular formula is C12H11BrN4O. The highest BCUT2D eigenvalue weighted by Crippen LogP contribution is 2.28. The van der Waals surface area contributed by atoms with Gasteiger partial charge in [0.1, 0.15) is 15.9 Å². The minimum absolute atomic E-state index is 0.782. The first-order valence-corrected chi connectivity index (χ1v) is 6.18. The molecule has 0 atom stereocenters. The van der Waals surface area contributed by atoms with Crippen molar-refractivity contribution < 1.29 is 4.74 Å². The van der Waals surface area contributed by atoms with Crippen LogP contribution in [-0.4, -0.2) is 26.5 Å².